The number of phenols is 1. The van der Waals surface area contributed by atoms with E-state index in [9.17, 15) is 14.7 Å². The lowest BCUT2D eigenvalue weighted by atomic mass is 10.0. The molecule has 42 heavy (non-hydrogen) atoms. The molecule has 0 bridgehead atoms. The highest BCUT2D eigenvalue weighted by Crippen LogP contribution is 2.28. The van der Waals surface area contributed by atoms with Gasteiger partial charge >= 0.3 is 0 Å². The van der Waals surface area contributed by atoms with Crippen molar-refractivity contribution in [1.29, 1.82) is 0 Å². The number of amides is 2. The van der Waals surface area contributed by atoms with Crippen LogP contribution in [-0.2, 0) is 4.79 Å². The number of rotatable bonds is 9. The maximum absolute atomic E-state index is 12.9. The fraction of sp³-hybridized carbons (Fsp3) is 0.182. The highest BCUT2D eigenvalue weighted by atomic mass is 35.5. The third kappa shape index (κ3) is 7.34. The van der Waals surface area contributed by atoms with Crippen molar-refractivity contribution in [3.63, 3.8) is 0 Å². The first-order valence-electron chi connectivity index (χ1n) is 13.7. The Kier molecular flexibility index (Phi) is 9.48. The van der Waals surface area contributed by atoms with Crippen molar-refractivity contribution >= 4 is 46.5 Å². The lowest BCUT2D eigenvalue weighted by molar-refractivity contribution is -0.135. The molecule has 0 spiro atoms. The molecule has 1 heterocycles. The number of phenolic OH excluding ortho intramolecular Hbond substituents is 1. The van der Waals surface area contributed by atoms with E-state index in [2.05, 4.69) is 39.7 Å². The minimum Gasteiger partial charge on any atom is -0.506 e. The highest BCUT2D eigenvalue weighted by molar-refractivity contribution is 6.32. The Morgan fingerprint density at radius 3 is 2.43 bits per heavy atom. The number of carbonyl (C=O) groups is 2. The van der Waals surface area contributed by atoms with Gasteiger partial charge in [-0.15, -0.1) is 0 Å². The number of hydrogen-bond donors (Lipinski definition) is 2. The summed E-state index contributed by atoms with van der Waals surface area (Å²) < 4.78 is 5.99. The molecule has 0 saturated carbocycles. The fourth-order valence-corrected chi connectivity index (χ4v) is 4.90. The number of halogens is 1. The summed E-state index contributed by atoms with van der Waals surface area (Å²) in [6, 6.07) is 25.7. The van der Waals surface area contributed by atoms with Crippen LogP contribution in [0.3, 0.4) is 0 Å². The zero-order valence-electron chi connectivity index (χ0n) is 22.9. The van der Waals surface area contributed by atoms with Gasteiger partial charge in [0.05, 0.1) is 11.2 Å². The number of aromatic hydroxyl groups is 1. The van der Waals surface area contributed by atoms with Gasteiger partial charge in [0, 0.05) is 49.2 Å². The summed E-state index contributed by atoms with van der Waals surface area (Å²) in [5.74, 6) is 0.00258. The molecule has 1 saturated heterocycles. The summed E-state index contributed by atoms with van der Waals surface area (Å²) in [5.41, 5.74) is 4.70. The molecule has 0 unspecified atom stereocenters. The van der Waals surface area contributed by atoms with Crippen LogP contribution in [0.2, 0.25) is 5.02 Å². The Hall–Kier alpha value is -4.66. The van der Waals surface area contributed by atoms with Gasteiger partial charge in [0.1, 0.15) is 11.5 Å². The first-order chi connectivity index (χ1) is 20.5. The van der Waals surface area contributed by atoms with Crippen molar-refractivity contribution < 1.29 is 19.4 Å². The maximum atomic E-state index is 12.9. The van der Waals surface area contributed by atoms with E-state index in [-0.39, 0.29) is 28.8 Å². The molecule has 0 aliphatic carbocycles. The SMILES string of the molecule is O=C(NN=Cc1ccc(OCC(=O)N2CCN(CC=Cc3ccccc3)CC2)c2ccccc12)c1ccc(O)c(Cl)c1. The first kappa shape index (κ1) is 28.9. The predicted octanol–water partition coefficient (Wildman–Crippen LogP) is 5.20. The third-order valence-corrected chi connectivity index (χ3v) is 7.35. The van der Waals surface area contributed by atoms with Gasteiger partial charge < -0.3 is 14.7 Å². The molecule has 4 aromatic rings. The summed E-state index contributed by atoms with van der Waals surface area (Å²) in [7, 11) is 0. The van der Waals surface area contributed by atoms with Crippen molar-refractivity contribution in [2.24, 2.45) is 5.10 Å². The van der Waals surface area contributed by atoms with E-state index in [4.69, 9.17) is 16.3 Å². The van der Waals surface area contributed by atoms with E-state index < -0.39 is 5.91 Å². The molecule has 1 aliphatic rings. The van der Waals surface area contributed by atoms with Crippen molar-refractivity contribution in [1.82, 2.24) is 15.2 Å². The van der Waals surface area contributed by atoms with Gasteiger partial charge in [-0.2, -0.15) is 5.10 Å². The normalized spacial score (nSPS) is 14.1. The molecular weight excluding hydrogens is 552 g/mol. The second kappa shape index (κ2) is 13.8. The predicted molar refractivity (Wildman–Crippen MR) is 166 cm³/mol. The lowest BCUT2D eigenvalue weighted by Crippen LogP contribution is -2.49. The van der Waals surface area contributed by atoms with Crippen molar-refractivity contribution in [3.05, 3.63) is 113 Å². The van der Waals surface area contributed by atoms with Gasteiger partial charge in [0.15, 0.2) is 6.61 Å². The van der Waals surface area contributed by atoms with Crippen molar-refractivity contribution in [3.8, 4) is 11.5 Å². The molecule has 214 valence electrons. The van der Waals surface area contributed by atoms with Crippen LogP contribution in [0.5, 0.6) is 11.5 Å². The second-order valence-electron chi connectivity index (χ2n) is 9.85. The van der Waals surface area contributed by atoms with E-state index in [1.165, 1.54) is 23.8 Å². The third-order valence-electron chi connectivity index (χ3n) is 7.05. The molecule has 5 rings (SSSR count). The number of nitrogens with zero attached hydrogens (tertiary/aromatic N) is 3. The molecule has 1 fully saturated rings. The zero-order chi connectivity index (χ0) is 29.3. The standard InChI is InChI=1S/C33H31ClN4O4/c34-29-21-25(12-14-30(29)39)33(41)36-35-22-26-13-15-31(28-11-5-4-10-27(26)28)42-23-32(40)38-19-17-37(18-20-38)16-6-9-24-7-2-1-3-8-24/h1-15,21-22,39H,16-20,23H2,(H,36,41). The summed E-state index contributed by atoms with van der Waals surface area (Å²) >= 11 is 5.89. The summed E-state index contributed by atoms with van der Waals surface area (Å²) in [4.78, 5) is 29.5. The molecular formula is C33H31ClN4O4. The molecule has 1 aliphatic heterocycles. The van der Waals surface area contributed by atoms with Crippen LogP contribution in [0, 0.1) is 0 Å². The van der Waals surface area contributed by atoms with E-state index in [0.717, 1.165) is 36.0 Å². The molecule has 0 radical (unpaired) electrons. The number of carbonyl (C=O) groups excluding carboxylic acids is 2. The van der Waals surface area contributed by atoms with Crippen LogP contribution in [0.25, 0.3) is 16.8 Å². The summed E-state index contributed by atoms with van der Waals surface area (Å²) in [6.07, 6.45) is 5.83. The van der Waals surface area contributed by atoms with Gasteiger partial charge in [-0.05, 0) is 41.3 Å². The number of nitrogens with one attached hydrogen (secondary N) is 1. The van der Waals surface area contributed by atoms with Gasteiger partial charge in [0.2, 0.25) is 0 Å². The average molecular weight is 583 g/mol. The Morgan fingerprint density at radius 1 is 0.929 bits per heavy atom. The van der Waals surface area contributed by atoms with Crippen LogP contribution in [0.1, 0.15) is 21.5 Å². The molecule has 0 aromatic heterocycles. The highest BCUT2D eigenvalue weighted by Gasteiger charge is 2.21. The Morgan fingerprint density at radius 2 is 1.67 bits per heavy atom. The number of hydrazone groups is 1. The molecule has 2 N–H and O–H groups in total. The van der Waals surface area contributed by atoms with Gasteiger partial charge in [-0.1, -0.05) is 78.4 Å². The number of benzene rings is 4. The molecule has 0 atom stereocenters. The van der Waals surface area contributed by atoms with E-state index >= 15 is 0 Å². The number of fused-ring (bicyclic) bond motifs is 1. The lowest BCUT2D eigenvalue weighted by Gasteiger charge is -2.34. The van der Waals surface area contributed by atoms with Gasteiger partial charge in [-0.25, -0.2) is 5.43 Å². The van der Waals surface area contributed by atoms with Crippen LogP contribution in [0.15, 0.2) is 96.1 Å². The molecule has 4 aromatic carbocycles. The monoisotopic (exact) mass is 582 g/mol. The largest absolute Gasteiger partial charge is 0.506 e. The van der Waals surface area contributed by atoms with Gasteiger partial charge in [0.25, 0.3) is 11.8 Å². The number of hydrogen-bond acceptors (Lipinski definition) is 6. The van der Waals surface area contributed by atoms with Crippen LogP contribution in [0.4, 0.5) is 0 Å². The minimum atomic E-state index is -0.458. The first-order valence-corrected chi connectivity index (χ1v) is 14.0. The average Bonchev–Trinajstić information content (AvgIpc) is 3.02. The maximum Gasteiger partial charge on any atom is 0.271 e. The smallest absolute Gasteiger partial charge is 0.271 e. The van der Waals surface area contributed by atoms with Crippen LogP contribution in [-0.4, -0.2) is 72.3 Å². The Bertz CT molecular complexity index is 1620. The molecule has 9 heteroatoms. The molecule has 8 nitrogen and oxygen atoms in total. The number of ether oxygens (including phenoxy) is 1. The topological polar surface area (TPSA) is 94.5 Å². The van der Waals surface area contributed by atoms with Crippen LogP contribution < -0.4 is 10.2 Å². The summed E-state index contributed by atoms with van der Waals surface area (Å²) in [5, 5.41) is 15.4. The Labute approximate surface area is 249 Å². The second-order valence-corrected chi connectivity index (χ2v) is 10.3. The fourth-order valence-electron chi connectivity index (χ4n) is 4.72. The van der Waals surface area contributed by atoms with Crippen LogP contribution >= 0.6 is 11.6 Å². The molecule has 2 amide bonds. The van der Waals surface area contributed by atoms with E-state index in [1.54, 1.807) is 12.3 Å². The van der Waals surface area contributed by atoms with E-state index in [0.29, 0.717) is 18.8 Å². The zero-order valence-corrected chi connectivity index (χ0v) is 23.7. The minimum absolute atomic E-state index is 0.0405. The summed E-state index contributed by atoms with van der Waals surface area (Å²) in [6.45, 7) is 3.77. The Balaban J connectivity index is 1.14. The quantitative estimate of drug-likeness (QED) is 0.209. The number of piperazine rings is 1. The van der Waals surface area contributed by atoms with Gasteiger partial charge in [-0.3, -0.25) is 14.5 Å². The van der Waals surface area contributed by atoms with Crippen molar-refractivity contribution in [2.75, 3.05) is 39.3 Å². The van der Waals surface area contributed by atoms with E-state index in [1.807, 2.05) is 53.4 Å². The van der Waals surface area contributed by atoms with Crippen molar-refractivity contribution in [2.45, 2.75) is 0 Å².